The second-order valence-corrected chi connectivity index (χ2v) is 10.8. The van der Waals surface area contributed by atoms with Crippen molar-refractivity contribution in [3.05, 3.63) is 33.8 Å². The van der Waals surface area contributed by atoms with Crippen LogP contribution in [0.1, 0.15) is 57.4 Å². The maximum Gasteiger partial charge on any atom is 0.226 e. The minimum atomic E-state index is -3.67. The molecule has 1 aliphatic carbocycles. The number of hydrogen-bond acceptors (Lipinski definition) is 4. The molecule has 8 heteroatoms. The average Bonchev–Trinajstić information content (AvgIpc) is 3.14. The molecule has 1 N–H and O–H groups in total. The van der Waals surface area contributed by atoms with Gasteiger partial charge in [-0.2, -0.15) is 0 Å². The molecule has 2 amide bonds. The number of carbonyl (C=O) groups is 2. The summed E-state index contributed by atoms with van der Waals surface area (Å²) in [5.41, 5.74) is 2.99. The lowest BCUT2D eigenvalue weighted by atomic mass is 9.97. The van der Waals surface area contributed by atoms with E-state index in [4.69, 9.17) is 0 Å². The first-order chi connectivity index (χ1) is 14.3. The highest BCUT2D eigenvalue weighted by atomic mass is 79.9. The molecule has 0 atom stereocenters. The van der Waals surface area contributed by atoms with Crippen LogP contribution in [0.15, 0.2) is 33.2 Å². The Hall–Kier alpha value is -1.67. The van der Waals surface area contributed by atoms with E-state index in [2.05, 4.69) is 27.3 Å². The highest BCUT2D eigenvalue weighted by Gasteiger charge is 2.28. The van der Waals surface area contributed by atoms with Crippen molar-refractivity contribution in [2.75, 3.05) is 23.7 Å². The molecule has 164 valence electrons. The van der Waals surface area contributed by atoms with E-state index in [1.807, 2.05) is 0 Å². The molecule has 30 heavy (non-hydrogen) atoms. The van der Waals surface area contributed by atoms with Gasteiger partial charge in [-0.1, -0.05) is 18.6 Å². The quantitative estimate of drug-likeness (QED) is 0.552. The van der Waals surface area contributed by atoms with Crippen LogP contribution in [-0.2, 0) is 25.8 Å². The molecule has 0 unspecified atom stereocenters. The largest absolute Gasteiger partial charge is 0.356 e. The van der Waals surface area contributed by atoms with Gasteiger partial charge in [-0.05, 0) is 72.2 Å². The van der Waals surface area contributed by atoms with E-state index in [9.17, 15) is 18.0 Å². The summed E-state index contributed by atoms with van der Waals surface area (Å²) in [5.74, 6) is -0.539. The van der Waals surface area contributed by atoms with Gasteiger partial charge < -0.3 is 10.2 Å². The molecule has 0 aromatic heterocycles. The maximum atomic E-state index is 12.9. The second-order valence-electron chi connectivity index (χ2n) is 7.84. The highest BCUT2D eigenvalue weighted by Crippen LogP contribution is 2.36. The lowest BCUT2D eigenvalue weighted by molar-refractivity contribution is -0.120. The van der Waals surface area contributed by atoms with Crippen molar-refractivity contribution in [1.29, 1.82) is 0 Å². The van der Waals surface area contributed by atoms with E-state index in [-0.39, 0.29) is 28.9 Å². The number of nitrogens with zero attached hydrogens (tertiary/aromatic N) is 1. The third-order valence-corrected chi connectivity index (χ3v) is 8.39. The van der Waals surface area contributed by atoms with Crippen LogP contribution in [0.5, 0.6) is 0 Å². The smallest absolute Gasteiger partial charge is 0.226 e. The molecule has 0 spiro atoms. The van der Waals surface area contributed by atoms with E-state index < -0.39 is 9.84 Å². The maximum absolute atomic E-state index is 12.9. The van der Waals surface area contributed by atoms with Gasteiger partial charge in [0.15, 0.2) is 9.84 Å². The van der Waals surface area contributed by atoms with Crippen LogP contribution >= 0.6 is 15.9 Å². The Morgan fingerprint density at radius 2 is 2.00 bits per heavy atom. The van der Waals surface area contributed by atoms with Crippen molar-refractivity contribution in [3.63, 3.8) is 0 Å². The number of nitrogens with one attached hydrogen (secondary N) is 1. The van der Waals surface area contributed by atoms with Gasteiger partial charge in [-0.25, -0.2) is 8.42 Å². The normalized spacial score (nSPS) is 16.2. The number of halogens is 1. The number of hydrogen-bond donors (Lipinski definition) is 1. The van der Waals surface area contributed by atoms with Gasteiger partial charge in [0, 0.05) is 36.1 Å². The summed E-state index contributed by atoms with van der Waals surface area (Å²) >= 11 is 3.36. The van der Waals surface area contributed by atoms with Crippen molar-refractivity contribution < 1.29 is 18.0 Å². The first-order valence-corrected chi connectivity index (χ1v) is 13.1. The van der Waals surface area contributed by atoms with E-state index in [1.54, 1.807) is 24.0 Å². The summed E-state index contributed by atoms with van der Waals surface area (Å²) in [6.07, 6.45) is 8.71. The number of carbonyl (C=O) groups excluding carboxylic acids is 2. The number of rotatable bonds is 8. The Balaban J connectivity index is 1.60. The van der Waals surface area contributed by atoms with Crippen molar-refractivity contribution in [3.8, 4) is 0 Å². The minimum absolute atomic E-state index is 0.0214. The van der Waals surface area contributed by atoms with Gasteiger partial charge >= 0.3 is 0 Å². The molecular weight excluding hydrogens is 468 g/mol. The Kier molecular flexibility index (Phi) is 7.74. The van der Waals surface area contributed by atoms with Crippen molar-refractivity contribution in [1.82, 2.24) is 5.32 Å². The van der Waals surface area contributed by atoms with Crippen LogP contribution in [0, 0.1) is 0 Å². The summed E-state index contributed by atoms with van der Waals surface area (Å²) in [7, 11) is -3.67. The molecule has 1 heterocycles. The Morgan fingerprint density at radius 3 is 2.70 bits per heavy atom. The Labute approximate surface area is 187 Å². The average molecular weight is 497 g/mol. The van der Waals surface area contributed by atoms with Crippen LogP contribution in [0.2, 0.25) is 0 Å². The molecule has 1 aromatic rings. The Bertz CT molecular complexity index is 956. The summed E-state index contributed by atoms with van der Waals surface area (Å²) in [6.45, 7) is 2.90. The lowest BCUT2D eigenvalue weighted by Crippen LogP contribution is -2.28. The van der Waals surface area contributed by atoms with Crippen molar-refractivity contribution >= 4 is 43.3 Å². The van der Waals surface area contributed by atoms with Gasteiger partial charge in [0.25, 0.3) is 0 Å². The fraction of sp³-hybridized carbons (Fsp3) is 0.545. The fourth-order valence-corrected chi connectivity index (χ4v) is 6.45. The van der Waals surface area contributed by atoms with Gasteiger partial charge in [-0.15, -0.1) is 0 Å². The molecule has 2 aliphatic rings. The van der Waals surface area contributed by atoms with Crippen molar-refractivity contribution in [2.45, 2.75) is 63.2 Å². The molecule has 0 saturated heterocycles. The summed E-state index contributed by atoms with van der Waals surface area (Å²) in [5, 5.41) is 2.83. The molecule has 0 bridgehead atoms. The molecule has 0 radical (unpaired) electrons. The molecule has 0 saturated carbocycles. The zero-order valence-electron chi connectivity index (χ0n) is 17.4. The van der Waals surface area contributed by atoms with Gasteiger partial charge in [0.2, 0.25) is 11.8 Å². The minimum Gasteiger partial charge on any atom is -0.356 e. The predicted octanol–water partition coefficient (Wildman–Crippen LogP) is 3.92. The standard InChI is InChI=1S/C22H29BrN2O4S/c1-2-22(27)25-12-9-17-14-18(23)20(15-19(17)25)30(28,29)13-10-21(26)24-11-8-16-6-4-3-5-7-16/h6,14-15H,2-5,7-13H2,1H3,(H,24,26). The fourth-order valence-electron chi connectivity index (χ4n) is 4.00. The van der Waals surface area contributed by atoms with Crippen LogP contribution in [0.25, 0.3) is 0 Å². The summed E-state index contributed by atoms with van der Waals surface area (Å²) in [4.78, 5) is 26.1. The van der Waals surface area contributed by atoms with Crippen LogP contribution in [0.4, 0.5) is 5.69 Å². The van der Waals surface area contributed by atoms with Gasteiger partial charge in [0.05, 0.1) is 10.6 Å². The SMILES string of the molecule is CCC(=O)N1CCc2cc(Br)c(S(=O)(=O)CCC(=O)NCCC3=CCCCC3)cc21. The number of anilines is 1. The summed E-state index contributed by atoms with van der Waals surface area (Å²) in [6, 6.07) is 3.35. The topological polar surface area (TPSA) is 83.6 Å². The van der Waals surface area contributed by atoms with Crippen LogP contribution in [0.3, 0.4) is 0 Å². The second kappa shape index (κ2) is 10.1. The van der Waals surface area contributed by atoms with Crippen molar-refractivity contribution in [2.24, 2.45) is 0 Å². The molecule has 0 fully saturated rings. The van der Waals surface area contributed by atoms with E-state index >= 15 is 0 Å². The first-order valence-electron chi connectivity index (χ1n) is 10.6. The number of sulfone groups is 1. The monoisotopic (exact) mass is 496 g/mol. The van der Waals surface area contributed by atoms with E-state index in [1.165, 1.54) is 18.4 Å². The van der Waals surface area contributed by atoms with Crippen LogP contribution in [-0.4, -0.2) is 39.1 Å². The molecule has 1 aliphatic heterocycles. The lowest BCUT2D eigenvalue weighted by Gasteiger charge is -2.18. The third-order valence-electron chi connectivity index (χ3n) is 5.72. The zero-order chi connectivity index (χ0) is 21.7. The number of fused-ring (bicyclic) bond motifs is 1. The Morgan fingerprint density at radius 1 is 1.20 bits per heavy atom. The number of benzene rings is 1. The molecular formula is C22H29BrN2O4S. The van der Waals surface area contributed by atoms with E-state index in [0.29, 0.717) is 36.1 Å². The number of amides is 2. The highest BCUT2D eigenvalue weighted by molar-refractivity contribution is 9.10. The third kappa shape index (κ3) is 5.52. The number of allylic oxidation sites excluding steroid dienone is 1. The van der Waals surface area contributed by atoms with Crippen LogP contribution < -0.4 is 10.2 Å². The van der Waals surface area contributed by atoms with E-state index in [0.717, 1.165) is 24.8 Å². The van der Waals surface area contributed by atoms with Gasteiger partial charge in [0.1, 0.15) is 0 Å². The molecule has 6 nitrogen and oxygen atoms in total. The van der Waals surface area contributed by atoms with Gasteiger partial charge in [-0.3, -0.25) is 9.59 Å². The predicted molar refractivity (Wildman–Crippen MR) is 121 cm³/mol. The molecule has 1 aromatic carbocycles. The zero-order valence-corrected chi connectivity index (χ0v) is 19.8. The first kappa shape index (κ1) is 23.0. The molecule has 3 rings (SSSR count). The summed E-state index contributed by atoms with van der Waals surface area (Å²) < 4.78 is 26.3.